The predicted molar refractivity (Wildman–Crippen MR) is 92.6 cm³/mol. The van der Waals surface area contributed by atoms with E-state index in [2.05, 4.69) is 5.43 Å². The quantitative estimate of drug-likeness (QED) is 0.827. The second-order valence-corrected chi connectivity index (χ2v) is 6.56. The first-order valence-corrected chi connectivity index (χ1v) is 7.74. The molecule has 0 fully saturated rings. The van der Waals surface area contributed by atoms with Crippen molar-refractivity contribution >= 4 is 18.3 Å². The molecule has 1 amide bonds. The van der Waals surface area contributed by atoms with E-state index in [1.807, 2.05) is 24.3 Å². The second kappa shape index (κ2) is 6.96. The van der Waals surface area contributed by atoms with Crippen LogP contribution in [0.25, 0.3) is 0 Å². The molecule has 8 heteroatoms. The van der Waals surface area contributed by atoms with Crippen LogP contribution in [0.5, 0.6) is 11.6 Å². The molecular weight excluding hydrogens is 330 g/mol. The molecule has 0 bridgehead atoms. The van der Waals surface area contributed by atoms with Gasteiger partial charge in [0.05, 0.1) is 19.9 Å². The summed E-state index contributed by atoms with van der Waals surface area (Å²) in [7, 11) is 1.60. The van der Waals surface area contributed by atoms with E-state index in [-0.39, 0.29) is 10.7 Å². The molecule has 1 aromatic heterocycles. The molecule has 0 radical (unpaired) electrons. The maximum Gasteiger partial charge on any atom is 0.427 e. The van der Waals surface area contributed by atoms with Crippen LogP contribution < -0.4 is 10.2 Å². The van der Waals surface area contributed by atoms with E-state index in [0.717, 1.165) is 16.0 Å². The predicted octanol–water partition coefficient (Wildman–Crippen LogP) is 3.26. The zero-order valence-corrected chi connectivity index (χ0v) is 14.9. The highest BCUT2D eigenvalue weighted by Gasteiger charge is 2.18. The molecule has 0 saturated heterocycles. The van der Waals surface area contributed by atoms with Gasteiger partial charge in [-0.25, -0.2) is 10.2 Å². The third kappa shape index (κ3) is 4.51. The number of amides is 1. The summed E-state index contributed by atoms with van der Waals surface area (Å²) in [5.41, 5.74) is 2.75. The molecule has 2 aromatic rings. The maximum absolute atomic E-state index is 11.8. The average Bonchev–Trinajstić information content (AvgIpc) is 2.74. The monoisotopic (exact) mass is 351 g/mol. The van der Waals surface area contributed by atoms with Gasteiger partial charge in [0.2, 0.25) is 10.7 Å². The second-order valence-electron chi connectivity index (χ2n) is 6.19. The van der Waals surface area contributed by atoms with Crippen LogP contribution in [0, 0.1) is 4.77 Å². The number of methoxy groups -OCH3 is 1. The van der Waals surface area contributed by atoms with Gasteiger partial charge >= 0.3 is 6.09 Å². The van der Waals surface area contributed by atoms with Crippen LogP contribution in [0.15, 0.2) is 30.5 Å². The summed E-state index contributed by atoms with van der Waals surface area (Å²) in [6, 6.07) is 7.48. The number of hydrogen-bond acceptors (Lipinski definition) is 5. The van der Waals surface area contributed by atoms with Crippen molar-refractivity contribution in [3.8, 4) is 11.6 Å². The summed E-state index contributed by atoms with van der Waals surface area (Å²) in [5.74, 6) is 0.578. The molecule has 2 N–H and O–H groups in total. The van der Waals surface area contributed by atoms with Gasteiger partial charge in [0.25, 0.3) is 0 Å². The topological polar surface area (TPSA) is 77.7 Å². The van der Waals surface area contributed by atoms with E-state index >= 15 is 0 Å². The fourth-order valence-electron chi connectivity index (χ4n) is 2.02. The summed E-state index contributed by atoms with van der Waals surface area (Å²) in [6.07, 6.45) is 0.750. The van der Waals surface area contributed by atoms with Crippen molar-refractivity contribution < 1.29 is 19.4 Å². The first-order chi connectivity index (χ1) is 11.2. The van der Waals surface area contributed by atoms with Crippen molar-refractivity contribution in [3.63, 3.8) is 0 Å². The summed E-state index contributed by atoms with van der Waals surface area (Å²) < 4.78 is 13.3. The maximum atomic E-state index is 11.8. The minimum Gasteiger partial charge on any atom is -0.497 e. The van der Waals surface area contributed by atoms with Gasteiger partial charge in [-0.05, 0) is 50.7 Å². The number of imidazole rings is 1. The molecule has 24 heavy (non-hydrogen) atoms. The van der Waals surface area contributed by atoms with Crippen LogP contribution in [-0.4, -0.2) is 33.2 Å². The molecule has 0 aliphatic heterocycles. The van der Waals surface area contributed by atoms with Crippen LogP contribution in [0.2, 0.25) is 0 Å². The summed E-state index contributed by atoms with van der Waals surface area (Å²) in [6.45, 7) is 5.70. The standard InChI is InChI=1S/C16H21N3O4S/c1-16(2,3)23-14(21)17-19-13(20)10-18(15(19)24)9-11-5-7-12(22-4)8-6-11/h5-8,10,20H,9H2,1-4H3,(H,17,21). The number of ether oxygens (including phenoxy) is 2. The first-order valence-electron chi connectivity index (χ1n) is 7.33. The van der Waals surface area contributed by atoms with Crippen LogP contribution in [0.1, 0.15) is 26.3 Å². The molecular formula is C16H21N3O4S. The number of carbonyl (C=O) groups excluding carboxylic acids is 1. The lowest BCUT2D eigenvalue weighted by atomic mass is 10.2. The van der Waals surface area contributed by atoms with Crippen molar-refractivity contribution in [2.45, 2.75) is 32.9 Å². The molecule has 0 aliphatic carbocycles. The van der Waals surface area contributed by atoms with E-state index in [0.29, 0.717) is 6.54 Å². The first kappa shape index (κ1) is 17.9. The van der Waals surface area contributed by atoms with Gasteiger partial charge in [0, 0.05) is 0 Å². The van der Waals surface area contributed by atoms with Crippen molar-refractivity contribution in [2.75, 3.05) is 12.5 Å². The smallest absolute Gasteiger partial charge is 0.427 e. The summed E-state index contributed by atoms with van der Waals surface area (Å²) in [4.78, 5) is 11.8. The van der Waals surface area contributed by atoms with Gasteiger partial charge in [0.15, 0.2) is 0 Å². The van der Waals surface area contributed by atoms with Crippen LogP contribution in [-0.2, 0) is 11.3 Å². The van der Waals surface area contributed by atoms with Crippen molar-refractivity contribution in [1.29, 1.82) is 0 Å². The Kier molecular flexibility index (Phi) is 5.18. The van der Waals surface area contributed by atoms with E-state index in [4.69, 9.17) is 21.7 Å². The van der Waals surface area contributed by atoms with Crippen molar-refractivity contribution in [1.82, 2.24) is 9.24 Å². The van der Waals surface area contributed by atoms with Gasteiger partial charge in [-0.15, -0.1) is 0 Å². The fraction of sp³-hybridized carbons (Fsp3) is 0.375. The molecule has 130 valence electrons. The van der Waals surface area contributed by atoms with Gasteiger partial charge in [-0.1, -0.05) is 12.1 Å². The lowest BCUT2D eigenvalue weighted by molar-refractivity contribution is 0.0610. The highest BCUT2D eigenvalue weighted by atomic mass is 32.1. The van der Waals surface area contributed by atoms with Gasteiger partial charge < -0.3 is 19.1 Å². The Hall–Kier alpha value is -2.48. The molecule has 0 unspecified atom stereocenters. The summed E-state index contributed by atoms with van der Waals surface area (Å²) in [5, 5.41) is 10.0. The Morgan fingerprint density at radius 2 is 1.92 bits per heavy atom. The molecule has 0 spiro atoms. The van der Waals surface area contributed by atoms with Gasteiger partial charge in [-0.3, -0.25) is 0 Å². The van der Waals surface area contributed by atoms with Gasteiger partial charge in [0.1, 0.15) is 11.4 Å². The number of rotatable bonds is 4. The number of nitrogens with zero attached hydrogens (tertiary/aromatic N) is 2. The molecule has 0 saturated carbocycles. The number of aromatic nitrogens is 2. The van der Waals surface area contributed by atoms with E-state index in [1.54, 1.807) is 32.4 Å². The van der Waals surface area contributed by atoms with E-state index in [9.17, 15) is 9.90 Å². The number of nitrogens with one attached hydrogen (secondary N) is 1. The third-order valence-corrected chi connectivity index (χ3v) is 3.47. The van der Waals surface area contributed by atoms with Gasteiger partial charge in [-0.2, -0.15) is 4.68 Å². The van der Waals surface area contributed by atoms with E-state index in [1.165, 1.54) is 6.20 Å². The minimum absolute atomic E-state index is 0.181. The van der Waals surface area contributed by atoms with Crippen LogP contribution in [0.3, 0.4) is 0 Å². The summed E-state index contributed by atoms with van der Waals surface area (Å²) >= 11 is 5.29. The Labute approximate surface area is 145 Å². The Bertz CT molecular complexity index is 772. The Morgan fingerprint density at radius 1 is 1.29 bits per heavy atom. The van der Waals surface area contributed by atoms with Crippen LogP contribution in [0.4, 0.5) is 4.79 Å². The van der Waals surface area contributed by atoms with E-state index < -0.39 is 11.7 Å². The largest absolute Gasteiger partial charge is 0.497 e. The Morgan fingerprint density at radius 3 is 2.46 bits per heavy atom. The number of carbonyl (C=O) groups is 1. The molecule has 0 atom stereocenters. The van der Waals surface area contributed by atoms with Crippen molar-refractivity contribution in [3.05, 3.63) is 40.8 Å². The zero-order valence-electron chi connectivity index (χ0n) is 14.1. The molecule has 2 rings (SSSR count). The Balaban J connectivity index is 2.16. The molecule has 7 nitrogen and oxygen atoms in total. The van der Waals surface area contributed by atoms with Crippen molar-refractivity contribution in [2.24, 2.45) is 0 Å². The third-order valence-electron chi connectivity index (χ3n) is 3.05. The lowest BCUT2D eigenvalue weighted by Crippen LogP contribution is -2.31. The lowest BCUT2D eigenvalue weighted by Gasteiger charge is -2.19. The average molecular weight is 351 g/mol. The number of benzene rings is 1. The molecule has 1 heterocycles. The molecule has 1 aromatic carbocycles. The molecule has 0 aliphatic rings. The highest BCUT2D eigenvalue weighted by Crippen LogP contribution is 2.16. The fourth-order valence-corrected chi connectivity index (χ4v) is 2.27. The SMILES string of the molecule is COc1ccc(Cn2cc(O)n(NC(=O)OC(C)(C)C)c2=S)cc1. The number of hydrogen-bond donors (Lipinski definition) is 2. The minimum atomic E-state index is -0.698. The highest BCUT2D eigenvalue weighted by molar-refractivity contribution is 7.71. The normalized spacial score (nSPS) is 11.2. The van der Waals surface area contributed by atoms with Crippen LogP contribution >= 0.6 is 12.2 Å². The zero-order chi connectivity index (χ0) is 17.9. The number of aromatic hydroxyl groups is 1.